The molecule has 0 amide bonds. The molecule has 0 fully saturated rings. The molecule has 0 radical (unpaired) electrons. The molecule has 1 unspecified atom stereocenters. The van der Waals surface area contributed by atoms with E-state index in [-0.39, 0.29) is 11.4 Å². The van der Waals surface area contributed by atoms with Crippen molar-refractivity contribution >= 4 is 11.4 Å². The molecular formula is C19H15N5O2. The van der Waals surface area contributed by atoms with Crippen LogP contribution in [0, 0.1) is 18.3 Å². The van der Waals surface area contributed by atoms with Gasteiger partial charge in [0.1, 0.15) is 17.3 Å². The Labute approximate surface area is 149 Å². The van der Waals surface area contributed by atoms with E-state index in [9.17, 15) is 10.1 Å². The minimum absolute atomic E-state index is 0.0502. The van der Waals surface area contributed by atoms with Crippen LogP contribution in [0.5, 0.6) is 5.88 Å². The molecule has 1 atom stereocenters. The summed E-state index contributed by atoms with van der Waals surface area (Å²) in [5.41, 5.74) is 9.44. The lowest BCUT2D eigenvalue weighted by molar-refractivity contribution is -0.871. The number of benzene rings is 2. The van der Waals surface area contributed by atoms with E-state index in [1.165, 1.54) is 4.57 Å². The van der Waals surface area contributed by atoms with Crippen molar-refractivity contribution in [3.05, 3.63) is 87.6 Å². The van der Waals surface area contributed by atoms with E-state index in [1.54, 1.807) is 19.1 Å². The number of hydrogen-bond acceptors (Lipinski definition) is 4. The molecule has 26 heavy (non-hydrogen) atoms. The molecule has 0 spiro atoms. The van der Waals surface area contributed by atoms with Crippen LogP contribution in [0.15, 0.2) is 65.5 Å². The Morgan fingerprint density at radius 3 is 2.42 bits per heavy atom. The van der Waals surface area contributed by atoms with Gasteiger partial charge in [0.25, 0.3) is 5.56 Å². The summed E-state index contributed by atoms with van der Waals surface area (Å²) in [5.74, 6) is 0.261. The fourth-order valence-corrected chi connectivity index (χ4v) is 2.87. The van der Waals surface area contributed by atoms with Crippen LogP contribution in [0.3, 0.4) is 0 Å². The van der Waals surface area contributed by atoms with Crippen LogP contribution in [-0.4, -0.2) is 4.57 Å². The summed E-state index contributed by atoms with van der Waals surface area (Å²) in [6.07, 6.45) is 0. The van der Waals surface area contributed by atoms with Crippen molar-refractivity contribution in [2.24, 2.45) is 0 Å². The molecule has 2 heterocycles. The summed E-state index contributed by atoms with van der Waals surface area (Å²) in [6.45, 7) is 1.70. The van der Waals surface area contributed by atoms with E-state index in [0.717, 1.165) is 5.69 Å². The highest BCUT2D eigenvalue weighted by Crippen LogP contribution is 2.35. The van der Waals surface area contributed by atoms with Crippen molar-refractivity contribution in [1.82, 2.24) is 10.2 Å². The maximum Gasteiger partial charge on any atom is 0.276 e. The first kappa shape index (κ1) is 15.9. The average molecular weight is 345 g/mol. The first-order chi connectivity index (χ1) is 12.7. The quantitative estimate of drug-likeness (QED) is 0.743. The van der Waals surface area contributed by atoms with Gasteiger partial charge in [0.2, 0.25) is 5.88 Å². The zero-order valence-corrected chi connectivity index (χ0v) is 13.9. The van der Waals surface area contributed by atoms with E-state index in [2.05, 4.69) is 11.0 Å². The molecule has 3 aromatic rings. The van der Waals surface area contributed by atoms with Crippen molar-refractivity contribution in [1.29, 1.82) is 5.26 Å². The van der Waals surface area contributed by atoms with Crippen LogP contribution in [0.25, 0.3) is 11.1 Å². The molecule has 4 rings (SSSR count). The maximum atomic E-state index is 12.8. The van der Waals surface area contributed by atoms with Gasteiger partial charge in [-0.25, -0.2) is 9.69 Å². The number of rotatable bonds is 2. The molecule has 1 aromatic heterocycles. The van der Waals surface area contributed by atoms with Gasteiger partial charge in [-0.2, -0.15) is 5.26 Å². The predicted molar refractivity (Wildman–Crippen MR) is 95.3 cm³/mol. The van der Waals surface area contributed by atoms with Crippen LogP contribution >= 0.6 is 0 Å². The number of quaternary nitrogens is 1. The number of nitrogens with one attached hydrogen (secondary N) is 2. The van der Waals surface area contributed by atoms with E-state index in [1.807, 2.05) is 54.6 Å². The highest BCUT2D eigenvalue weighted by atomic mass is 16.7. The maximum absolute atomic E-state index is 12.8. The third-order valence-electron chi connectivity index (χ3n) is 4.19. The Kier molecular flexibility index (Phi) is 3.89. The Hall–Kier alpha value is -3.60. The summed E-state index contributed by atoms with van der Waals surface area (Å²) >= 11 is 0. The lowest BCUT2D eigenvalue weighted by Crippen LogP contribution is -3.11. The smallest absolute Gasteiger partial charge is 0.276 e. The second-order valence-electron chi connectivity index (χ2n) is 5.77. The molecule has 7 heteroatoms. The van der Waals surface area contributed by atoms with Crippen molar-refractivity contribution in [3.63, 3.8) is 0 Å². The molecular weight excluding hydrogens is 330 g/mol. The largest absolute Gasteiger partial charge is 0.455 e. The molecule has 7 nitrogen and oxygen atoms in total. The molecule has 1 aliphatic heterocycles. The zero-order valence-electron chi connectivity index (χ0n) is 13.9. The SMILES string of the molecule is Cc1c2c(n(-c3ccccc3)c(=O)c1C#N)ON[NH+](c1ccccc1)[N-]2. The first-order valence-corrected chi connectivity index (χ1v) is 8.03. The average Bonchev–Trinajstić information content (AvgIpc) is 2.70. The second kappa shape index (κ2) is 6.37. The highest BCUT2D eigenvalue weighted by Gasteiger charge is 2.24. The Bertz CT molecular complexity index is 1060. The Morgan fingerprint density at radius 2 is 1.77 bits per heavy atom. The van der Waals surface area contributed by atoms with E-state index < -0.39 is 5.56 Å². The molecule has 0 saturated heterocycles. The summed E-state index contributed by atoms with van der Waals surface area (Å²) in [7, 11) is 0. The number of pyridine rings is 1. The minimum atomic E-state index is -0.435. The normalized spacial score (nSPS) is 15.3. The van der Waals surface area contributed by atoms with Crippen LogP contribution in [0.4, 0.5) is 11.4 Å². The molecule has 0 saturated carbocycles. The van der Waals surface area contributed by atoms with Crippen molar-refractivity contribution in [2.45, 2.75) is 6.92 Å². The molecule has 128 valence electrons. The third kappa shape index (κ3) is 2.50. The minimum Gasteiger partial charge on any atom is -0.455 e. The van der Waals surface area contributed by atoms with E-state index in [0.29, 0.717) is 22.1 Å². The van der Waals surface area contributed by atoms with Gasteiger partial charge in [-0.15, -0.1) is 0 Å². The monoisotopic (exact) mass is 345 g/mol. The van der Waals surface area contributed by atoms with Crippen LogP contribution in [0.2, 0.25) is 0 Å². The number of fused-ring (bicyclic) bond motifs is 1. The molecule has 1 aliphatic rings. The highest BCUT2D eigenvalue weighted by molar-refractivity contribution is 5.67. The lowest BCUT2D eigenvalue weighted by atomic mass is 10.1. The summed E-state index contributed by atoms with van der Waals surface area (Å²) in [6, 6.07) is 20.5. The lowest BCUT2D eigenvalue weighted by Gasteiger charge is -2.38. The summed E-state index contributed by atoms with van der Waals surface area (Å²) < 4.78 is 1.36. The van der Waals surface area contributed by atoms with Gasteiger partial charge >= 0.3 is 0 Å². The van der Waals surface area contributed by atoms with Crippen LogP contribution in [0.1, 0.15) is 11.1 Å². The van der Waals surface area contributed by atoms with Gasteiger partial charge in [0.05, 0.1) is 5.69 Å². The van der Waals surface area contributed by atoms with Gasteiger partial charge < -0.3 is 10.3 Å². The number of nitriles is 1. The summed E-state index contributed by atoms with van der Waals surface area (Å²) in [4.78, 5) is 18.5. The standard InChI is InChI=1S/C19H15N5O2/c1-13-16(12-20)18(25)23(14-8-4-2-5-9-14)19-17(13)21-24(22-26-19)15-10-6-3-7-11-15/h2-11,22,24H,1H3. The Balaban J connectivity index is 1.91. The fraction of sp³-hybridized carbons (Fsp3) is 0.0526. The van der Waals surface area contributed by atoms with Crippen LogP contribution < -0.4 is 21.1 Å². The third-order valence-corrected chi connectivity index (χ3v) is 4.19. The Morgan fingerprint density at radius 1 is 1.12 bits per heavy atom. The van der Waals surface area contributed by atoms with Crippen molar-refractivity contribution < 1.29 is 9.96 Å². The first-order valence-electron chi connectivity index (χ1n) is 8.03. The van der Waals surface area contributed by atoms with Gasteiger partial charge in [0.15, 0.2) is 0 Å². The second-order valence-corrected chi connectivity index (χ2v) is 5.77. The van der Waals surface area contributed by atoms with E-state index >= 15 is 0 Å². The molecule has 2 N–H and O–H groups in total. The predicted octanol–water partition coefficient (Wildman–Crippen LogP) is 1.97. The number of nitrogens with zero attached hydrogens (tertiary/aromatic N) is 3. The summed E-state index contributed by atoms with van der Waals surface area (Å²) in [5, 5.41) is 10.0. The van der Waals surface area contributed by atoms with Crippen molar-refractivity contribution in [3.8, 4) is 17.6 Å². The fourth-order valence-electron chi connectivity index (χ4n) is 2.87. The zero-order chi connectivity index (χ0) is 18.1. The van der Waals surface area contributed by atoms with Crippen LogP contribution in [-0.2, 0) is 0 Å². The van der Waals surface area contributed by atoms with Gasteiger partial charge in [-0.05, 0) is 30.3 Å². The van der Waals surface area contributed by atoms with Gasteiger partial charge in [-0.3, -0.25) is 4.79 Å². The number of para-hydroxylation sites is 2. The van der Waals surface area contributed by atoms with Crippen molar-refractivity contribution in [2.75, 3.05) is 0 Å². The number of aromatic nitrogens is 1. The van der Waals surface area contributed by atoms with E-state index in [4.69, 9.17) is 4.84 Å². The number of hydrogen-bond donors (Lipinski definition) is 2. The molecule has 0 aliphatic carbocycles. The van der Waals surface area contributed by atoms with Gasteiger partial charge in [-0.1, -0.05) is 36.4 Å². The molecule has 2 aromatic carbocycles. The topological polar surface area (TPSA) is 85.6 Å². The van der Waals surface area contributed by atoms with Gasteiger partial charge in [0, 0.05) is 17.7 Å². The molecule has 0 bridgehead atoms.